The van der Waals surface area contributed by atoms with Crippen LogP contribution in [0.1, 0.15) is 32.9 Å². The van der Waals surface area contributed by atoms with E-state index < -0.39 is 0 Å². The fourth-order valence-corrected chi connectivity index (χ4v) is 2.65. The van der Waals surface area contributed by atoms with Crippen LogP contribution in [0.15, 0.2) is 18.2 Å². The molecule has 2 heterocycles. The average molecular weight is 277 g/mol. The molecule has 1 aromatic rings. The van der Waals surface area contributed by atoms with Gasteiger partial charge < -0.3 is 15.0 Å². The first-order valence-electron chi connectivity index (χ1n) is 7.59. The zero-order valence-corrected chi connectivity index (χ0v) is 13.1. The molecular formula is C16H27N3O. The quantitative estimate of drug-likeness (QED) is 0.866. The van der Waals surface area contributed by atoms with Crippen LogP contribution in [-0.2, 0) is 11.3 Å². The van der Waals surface area contributed by atoms with E-state index in [1.807, 2.05) is 0 Å². The maximum absolute atomic E-state index is 5.65. The molecule has 0 aromatic carbocycles. The largest absolute Gasteiger partial charge is 0.376 e. The Kier molecular flexibility index (Phi) is 5.38. The minimum absolute atomic E-state index is 0.282. The number of hydrogen-bond donors (Lipinski definition) is 1. The molecule has 0 aliphatic carbocycles. The van der Waals surface area contributed by atoms with Crippen LogP contribution in [0.25, 0.3) is 0 Å². The van der Waals surface area contributed by atoms with E-state index in [-0.39, 0.29) is 6.10 Å². The Balaban J connectivity index is 1.97. The summed E-state index contributed by atoms with van der Waals surface area (Å²) in [5.41, 5.74) is 1.10. The van der Waals surface area contributed by atoms with E-state index >= 15 is 0 Å². The van der Waals surface area contributed by atoms with Gasteiger partial charge in [-0.2, -0.15) is 0 Å². The van der Waals surface area contributed by atoms with Gasteiger partial charge in [0.1, 0.15) is 5.82 Å². The van der Waals surface area contributed by atoms with E-state index in [0.717, 1.165) is 37.6 Å². The first kappa shape index (κ1) is 15.3. The number of pyridine rings is 1. The zero-order chi connectivity index (χ0) is 14.5. The van der Waals surface area contributed by atoms with E-state index in [4.69, 9.17) is 9.72 Å². The molecule has 2 atom stereocenters. The van der Waals surface area contributed by atoms with E-state index in [0.29, 0.717) is 12.0 Å². The van der Waals surface area contributed by atoms with Crippen LogP contribution < -0.4 is 10.2 Å². The summed E-state index contributed by atoms with van der Waals surface area (Å²) in [6.45, 7) is 9.28. The molecule has 1 saturated heterocycles. The number of anilines is 1. The highest BCUT2D eigenvalue weighted by Gasteiger charge is 2.28. The SMILES string of the molecule is CC(C)CNCc1cccc(N(C)C2CCOC2C)n1. The van der Waals surface area contributed by atoms with Gasteiger partial charge in [-0.25, -0.2) is 4.98 Å². The van der Waals surface area contributed by atoms with Crippen molar-refractivity contribution in [3.63, 3.8) is 0 Å². The minimum Gasteiger partial charge on any atom is -0.376 e. The Morgan fingerprint density at radius 2 is 2.25 bits per heavy atom. The Morgan fingerprint density at radius 1 is 1.45 bits per heavy atom. The maximum atomic E-state index is 5.65. The van der Waals surface area contributed by atoms with Gasteiger partial charge in [0.25, 0.3) is 0 Å². The van der Waals surface area contributed by atoms with Crippen LogP contribution >= 0.6 is 0 Å². The van der Waals surface area contributed by atoms with Gasteiger partial charge in [0.15, 0.2) is 0 Å². The number of likely N-dealkylation sites (N-methyl/N-ethyl adjacent to an activating group) is 1. The smallest absolute Gasteiger partial charge is 0.128 e. The number of ether oxygens (including phenoxy) is 1. The standard InChI is InChI=1S/C16H27N3O/c1-12(2)10-17-11-14-6-5-7-16(18-14)19(4)15-8-9-20-13(15)3/h5-7,12-13,15,17H,8-11H2,1-4H3. The highest BCUT2D eigenvalue weighted by atomic mass is 16.5. The Morgan fingerprint density at radius 3 is 2.90 bits per heavy atom. The highest BCUT2D eigenvalue weighted by molar-refractivity contribution is 5.40. The molecular weight excluding hydrogens is 250 g/mol. The molecule has 0 spiro atoms. The summed E-state index contributed by atoms with van der Waals surface area (Å²) in [6, 6.07) is 6.68. The van der Waals surface area contributed by atoms with Gasteiger partial charge in [0.2, 0.25) is 0 Å². The molecule has 2 unspecified atom stereocenters. The second-order valence-electron chi connectivity index (χ2n) is 6.05. The fraction of sp³-hybridized carbons (Fsp3) is 0.688. The van der Waals surface area contributed by atoms with Crippen LogP contribution in [0, 0.1) is 5.92 Å². The van der Waals surface area contributed by atoms with Crippen molar-refractivity contribution in [1.82, 2.24) is 10.3 Å². The van der Waals surface area contributed by atoms with Crippen LogP contribution in [0.4, 0.5) is 5.82 Å². The topological polar surface area (TPSA) is 37.4 Å². The van der Waals surface area contributed by atoms with Crippen molar-refractivity contribution in [3.05, 3.63) is 23.9 Å². The molecule has 20 heavy (non-hydrogen) atoms. The molecule has 112 valence electrons. The van der Waals surface area contributed by atoms with Gasteiger partial charge in [0.05, 0.1) is 17.8 Å². The fourth-order valence-electron chi connectivity index (χ4n) is 2.65. The molecule has 1 N–H and O–H groups in total. The predicted octanol–water partition coefficient (Wildman–Crippen LogP) is 2.44. The third-order valence-electron chi connectivity index (χ3n) is 3.85. The van der Waals surface area contributed by atoms with Crippen molar-refractivity contribution in [2.24, 2.45) is 5.92 Å². The number of rotatable bonds is 6. The van der Waals surface area contributed by atoms with Gasteiger partial charge in [-0.3, -0.25) is 0 Å². The lowest BCUT2D eigenvalue weighted by molar-refractivity contribution is 0.118. The van der Waals surface area contributed by atoms with Crippen molar-refractivity contribution >= 4 is 5.82 Å². The van der Waals surface area contributed by atoms with Crippen molar-refractivity contribution < 1.29 is 4.74 Å². The van der Waals surface area contributed by atoms with E-state index in [9.17, 15) is 0 Å². The Labute approximate surface area is 122 Å². The van der Waals surface area contributed by atoms with Crippen LogP contribution in [0.2, 0.25) is 0 Å². The Bertz CT molecular complexity index is 422. The van der Waals surface area contributed by atoms with E-state index in [1.54, 1.807) is 0 Å². The maximum Gasteiger partial charge on any atom is 0.128 e. The minimum atomic E-state index is 0.282. The molecule has 0 amide bonds. The molecule has 0 bridgehead atoms. The monoisotopic (exact) mass is 277 g/mol. The summed E-state index contributed by atoms with van der Waals surface area (Å²) in [5.74, 6) is 1.70. The molecule has 2 rings (SSSR count). The van der Waals surface area contributed by atoms with Gasteiger partial charge in [-0.15, -0.1) is 0 Å². The average Bonchev–Trinajstić information content (AvgIpc) is 2.84. The Hall–Kier alpha value is -1.13. The number of aromatic nitrogens is 1. The molecule has 4 heteroatoms. The summed E-state index contributed by atoms with van der Waals surface area (Å²) in [6.07, 6.45) is 1.36. The molecule has 0 saturated carbocycles. The summed E-state index contributed by atoms with van der Waals surface area (Å²) < 4.78 is 5.65. The lowest BCUT2D eigenvalue weighted by Crippen LogP contribution is -2.37. The second kappa shape index (κ2) is 7.04. The number of nitrogens with zero attached hydrogens (tertiary/aromatic N) is 2. The van der Waals surface area contributed by atoms with E-state index in [2.05, 4.69) is 56.2 Å². The number of nitrogens with one attached hydrogen (secondary N) is 1. The molecule has 0 radical (unpaired) electrons. The van der Waals surface area contributed by atoms with Gasteiger partial charge >= 0.3 is 0 Å². The van der Waals surface area contributed by atoms with Gasteiger partial charge in [-0.1, -0.05) is 19.9 Å². The summed E-state index contributed by atoms with van der Waals surface area (Å²) in [7, 11) is 2.11. The molecule has 1 aromatic heterocycles. The third kappa shape index (κ3) is 3.93. The highest BCUT2D eigenvalue weighted by Crippen LogP contribution is 2.22. The zero-order valence-electron chi connectivity index (χ0n) is 13.1. The van der Waals surface area contributed by atoms with Crippen molar-refractivity contribution in [3.8, 4) is 0 Å². The molecule has 1 aliphatic heterocycles. The van der Waals surface area contributed by atoms with E-state index in [1.165, 1.54) is 0 Å². The van der Waals surface area contributed by atoms with Gasteiger partial charge in [0, 0.05) is 20.2 Å². The lowest BCUT2D eigenvalue weighted by Gasteiger charge is -2.28. The van der Waals surface area contributed by atoms with Gasteiger partial charge in [-0.05, 0) is 37.9 Å². The molecule has 4 nitrogen and oxygen atoms in total. The third-order valence-corrected chi connectivity index (χ3v) is 3.85. The summed E-state index contributed by atoms with van der Waals surface area (Å²) in [4.78, 5) is 7.01. The van der Waals surface area contributed by atoms with Crippen molar-refractivity contribution in [2.75, 3.05) is 25.1 Å². The van der Waals surface area contributed by atoms with Crippen LogP contribution in [0.5, 0.6) is 0 Å². The summed E-state index contributed by atoms with van der Waals surface area (Å²) >= 11 is 0. The number of hydrogen-bond acceptors (Lipinski definition) is 4. The van der Waals surface area contributed by atoms with Crippen molar-refractivity contribution in [1.29, 1.82) is 0 Å². The predicted molar refractivity (Wildman–Crippen MR) is 83.0 cm³/mol. The van der Waals surface area contributed by atoms with Crippen LogP contribution in [0.3, 0.4) is 0 Å². The first-order valence-corrected chi connectivity index (χ1v) is 7.59. The second-order valence-corrected chi connectivity index (χ2v) is 6.05. The molecule has 1 fully saturated rings. The normalized spacial score (nSPS) is 22.4. The van der Waals surface area contributed by atoms with Crippen LogP contribution in [-0.4, -0.2) is 37.3 Å². The first-order chi connectivity index (χ1) is 9.58. The molecule has 1 aliphatic rings. The summed E-state index contributed by atoms with van der Waals surface area (Å²) in [5, 5.41) is 3.44. The van der Waals surface area contributed by atoms with Crippen molar-refractivity contribution in [2.45, 2.75) is 45.9 Å². The lowest BCUT2D eigenvalue weighted by atomic mass is 10.1.